The van der Waals surface area contributed by atoms with Crippen LogP contribution in [0.4, 0.5) is 5.13 Å². The molecule has 0 atom stereocenters. The first-order chi connectivity index (χ1) is 8.16. The van der Waals surface area contributed by atoms with Crippen LogP contribution in [-0.2, 0) is 0 Å². The van der Waals surface area contributed by atoms with Gasteiger partial charge in [0.25, 0.3) is 0 Å². The van der Waals surface area contributed by atoms with Crippen molar-refractivity contribution in [3.63, 3.8) is 0 Å². The Morgan fingerprint density at radius 2 is 1.94 bits per heavy atom. The minimum absolute atomic E-state index is 0.843. The Bertz CT molecular complexity index is 509. The molecule has 0 saturated heterocycles. The Morgan fingerprint density at radius 1 is 1.24 bits per heavy atom. The highest BCUT2D eigenvalue weighted by Gasteiger charge is 2.02. The van der Waals surface area contributed by atoms with Gasteiger partial charge in [-0.25, -0.2) is 4.98 Å². The van der Waals surface area contributed by atoms with Crippen LogP contribution in [0.1, 0.15) is 23.1 Å². The van der Waals surface area contributed by atoms with Gasteiger partial charge in [0.2, 0.25) is 5.13 Å². The van der Waals surface area contributed by atoms with Crippen molar-refractivity contribution in [3.8, 4) is 0 Å². The second kappa shape index (κ2) is 5.10. The molecule has 1 aromatic heterocycles. The van der Waals surface area contributed by atoms with E-state index in [1.165, 1.54) is 4.88 Å². The molecule has 0 spiro atoms. The maximum absolute atomic E-state index is 4.38. The highest BCUT2D eigenvalue weighted by atomic mass is 32.1. The van der Waals surface area contributed by atoms with Gasteiger partial charge in [-0.1, -0.05) is 30.3 Å². The summed E-state index contributed by atoms with van der Waals surface area (Å²) in [6, 6.07) is 10.1. The van der Waals surface area contributed by atoms with Crippen LogP contribution in [0.3, 0.4) is 0 Å². The summed E-state index contributed by atoms with van der Waals surface area (Å²) in [7, 11) is 0. The summed E-state index contributed by atoms with van der Waals surface area (Å²) >= 11 is 1.62. The maximum atomic E-state index is 4.38. The predicted octanol–water partition coefficient (Wildman–Crippen LogP) is 3.60. The Morgan fingerprint density at radius 3 is 2.53 bits per heavy atom. The number of benzene rings is 1. The highest BCUT2D eigenvalue weighted by molar-refractivity contribution is 7.15. The number of aromatic nitrogens is 1. The summed E-state index contributed by atoms with van der Waals surface area (Å²) < 4.78 is 0. The van der Waals surface area contributed by atoms with Gasteiger partial charge >= 0.3 is 0 Å². The molecule has 0 fully saturated rings. The first-order valence-corrected chi connectivity index (χ1v) is 6.28. The third-order valence-electron chi connectivity index (χ3n) is 2.54. The standard InChI is InChI=1S/C13H15N3S/c1-9-11(3)17-13(14-9)16-15-10(2)12-7-5-4-6-8-12/h4-8H,1-3H3,(H,14,16)/b15-10-. The molecule has 88 valence electrons. The van der Waals surface area contributed by atoms with E-state index in [9.17, 15) is 0 Å². The van der Waals surface area contributed by atoms with Crippen LogP contribution in [-0.4, -0.2) is 10.7 Å². The third kappa shape index (κ3) is 2.91. The van der Waals surface area contributed by atoms with Crippen molar-refractivity contribution in [1.82, 2.24) is 4.98 Å². The van der Waals surface area contributed by atoms with Gasteiger partial charge < -0.3 is 0 Å². The zero-order valence-electron chi connectivity index (χ0n) is 10.2. The lowest BCUT2D eigenvalue weighted by molar-refractivity contribution is 1.19. The molecule has 1 N–H and O–H groups in total. The smallest absolute Gasteiger partial charge is 0.203 e. The molecule has 17 heavy (non-hydrogen) atoms. The molecular formula is C13H15N3S. The first kappa shape index (κ1) is 11.8. The van der Waals surface area contributed by atoms with E-state index in [1.54, 1.807) is 11.3 Å². The third-order valence-corrected chi connectivity index (χ3v) is 3.52. The fourth-order valence-corrected chi connectivity index (χ4v) is 2.15. The monoisotopic (exact) mass is 245 g/mol. The lowest BCUT2D eigenvalue weighted by atomic mass is 10.1. The summed E-state index contributed by atoms with van der Waals surface area (Å²) in [5.74, 6) is 0. The van der Waals surface area contributed by atoms with E-state index in [2.05, 4.69) is 22.4 Å². The molecule has 1 aromatic carbocycles. The summed E-state index contributed by atoms with van der Waals surface area (Å²) in [5.41, 5.74) is 6.13. The predicted molar refractivity (Wildman–Crippen MR) is 73.9 cm³/mol. The van der Waals surface area contributed by atoms with E-state index in [0.717, 1.165) is 22.1 Å². The average molecular weight is 245 g/mol. The lowest BCUT2D eigenvalue weighted by Gasteiger charge is -2.00. The molecule has 0 aliphatic rings. The molecule has 0 unspecified atom stereocenters. The van der Waals surface area contributed by atoms with Crippen molar-refractivity contribution in [3.05, 3.63) is 46.5 Å². The molecule has 2 rings (SSSR count). The molecule has 3 nitrogen and oxygen atoms in total. The van der Waals surface area contributed by atoms with Gasteiger partial charge in [0, 0.05) is 4.88 Å². The zero-order valence-corrected chi connectivity index (χ0v) is 11.0. The number of hydrazone groups is 1. The van der Waals surface area contributed by atoms with Gasteiger partial charge in [-0.2, -0.15) is 5.10 Å². The highest BCUT2D eigenvalue weighted by Crippen LogP contribution is 2.21. The van der Waals surface area contributed by atoms with Gasteiger partial charge in [0.15, 0.2) is 0 Å². The average Bonchev–Trinajstić information content (AvgIpc) is 2.67. The van der Waals surface area contributed by atoms with E-state index in [4.69, 9.17) is 0 Å². The van der Waals surface area contributed by atoms with Gasteiger partial charge in [0.05, 0.1) is 11.4 Å². The van der Waals surface area contributed by atoms with E-state index >= 15 is 0 Å². The van der Waals surface area contributed by atoms with Crippen LogP contribution < -0.4 is 5.43 Å². The van der Waals surface area contributed by atoms with Crippen molar-refractivity contribution in [1.29, 1.82) is 0 Å². The number of rotatable bonds is 3. The molecule has 2 aromatic rings. The quantitative estimate of drug-likeness (QED) is 0.662. The number of nitrogens with one attached hydrogen (secondary N) is 1. The Hall–Kier alpha value is -1.68. The lowest BCUT2D eigenvalue weighted by Crippen LogP contribution is -1.99. The number of hydrogen-bond acceptors (Lipinski definition) is 4. The number of aryl methyl sites for hydroxylation is 2. The number of hydrogen-bond donors (Lipinski definition) is 1. The van der Waals surface area contributed by atoms with Crippen molar-refractivity contribution in [2.45, 2.75) is 20.8 Å². The number of thiazole rings is 1. The molecule has 0 bridgehead atoms. The van der Waals surface area contributed by atoms with Crippen molar-refractivity contribution in [2.24, 2.45) is 5.10 Å². The molecule has 0 saturated carbocycles. The summed E-state index contributed by atoms with van der Waals surface area (Å²) in [5, 5.41) is 5.18. The minimum atomic E-state index is 0.843. The van der Waals surface area contributed by atoms with E-state index in [-0.39, 0.29) is 0 Å². The van der Waals surface area contributed by atoms with Crippen LogP contribution >= 0.6 is 11.3 Å². The van der Waals surface area contributed by atoms with E-state index < -0.39 is 0 Å². The minimum Gasteiger partial charge on any atom is -0.252 e. The Kier molecular flexibility index (Phi) is 3.54. The van der Waals surface area contributed by atoms with Gasteiger partial charge in [-0.05, 0) is 26.3 Å². The van der Waals surface area contributed by atoms with E-state index in [0.29, 0.717) is 0 Å². The van der Waals surface area contributed by atoms with Crippen LogP contribution in [0, 0.1) is 13.8 Å². The second-order valence-corrected chi connectivity index (χ2v) is 5.04. The molecule has 4 heteroatoms. The Labute approximate surface area is 105 Å². The topological polar surface area (TPSA) is 37.3 Å². The zero-order chi connectivity index (χ0) is 12.3. The van der Waals surface area contributed by atoms with Crippen LogP contribution in [0.25, 0.3) is 0 Å². The largest absolute Gasteiger partial charge is 0.252 e. The fraction of sp³-hybridized carbons (Fsp3) is 0.231. The van der Waals surface area contributed by atoms with Crippen molar-refractivity contribution in [2.75, 3.05) is 5.43 Å². The maximum Gasteiger partial charge on any atom is 0.203 e. The normalized spacial score (nSPS) is 11.6. The van der Waals surface area contributed by atoms with Crippen LogP contribution in [0.2, 0.25) is 0 Å². The van der Waals surface area contributed by atoms with Gasteiger partial charge in [-0.3, -0.25) is 5.43 Å². The molecular weight excluding hydrogens is 230 g/mol. The second-order valence-electron chi connectivity index (χ2n) is 3.84. The fourth-order valence-electron chi connectivity index (χ4n) is 1.40. The molecule has 0 radical (unpaired) electrons. The molecule has 0 amide bonds. The summed E-state index contributed by atoms with van der Waals surface area (Å²) in [4.78, 5) is 5.60. The SMILES string of the molecule is C/C(=N/Nc1nc(C)c(C)s1)c1ccccc1. The summed E-state index contributed by atoms with van der Waals surface area (Å²) in [6.45, 7) is 6.05. The molecule has 1 heterocycles. The van der Waals surface area contributed by atoms with E-state index in [1.807, 2.05) is 44.2 Å². The molecule has 0 aliphatic carbocycles. The first-order valence-electron chi connectivity index (χ1n) is 5.46. The molecule has 0 aliphatic heterocycles. The summed E-state index contributed by atoms with van der Waals surface area (Å²) in [6.07, 6.45) is 0. The number of anilines is 1. The van der Waals surface area contributed by atoms with Crippen molar-refractivity contribution < 1.29 is 0 Å². The number of nitrogens with zero attached hydrogens (tertiary/aromatic N) is 2. The Balaban J connectivity index is 2.11. The van der Waals surface area contributed by atoms with Crippen LogP contribution in [0.15, 0.2) is 35.4 Å². The van der Waals surface area contributed by atoms with Crippen molar-refractivity contribution >= 4 is 22.2 Å². The van der Waals surface area contributed by atoms with Gasteiger partial charge in [-0.15, -0.1) is 11.3 Å². The van der Waals surface area contributed by atoms with Crippen LogP contribution in [0.5, 0.6) is 0 Å². The van der Waals surface area contributed by atoms with Gasteiger partial charge in [0.1, 0.15) is 0 Å².